The molecule has 0 saturated carbocycles. The predicted molar refractivity (Wildman–Crippen MR) is 70.0 cm³/mol. The first-order valence-corrected chi connectivity index (χ1v) is 7.58. The Morgan fingerprint density at radius 3 is 2.83 bits per heavy atom. The molecule has 5 nitrogen and oxygen atoms in total. The summed E-state index contributed by atoms with van der Waals surface area (Å²) in [4.78, 5) is 28.4. The topological polar surface area (TPSA) is 70.5 Å². The monoisotopic (exact) mass is 286 g/mol. The number of carbonyl (C=O) groups excluding carboxylic acids is 1. The Bertz CT molecular complexity index is 441. The molecule has 0 aliphatic carbocycles. The number of thioether (sulfide) groups is 1. The van der Waals surface area contributed by atoms with E-state index in [0.717, 1.165) is 30.3 Å². The lowest BCUT2D eigenvalue weighted by molar-refractivity contribution is -0.136. The van der Waals surface area contributed by atoms with Gasteiger partial charge in [0, 0.05) is 18.5 Å². The molecule has 0 radical (unpaired) electrons. The van der Waals surface area contributed by atoms with E-state index in [1.807, 2.05) is 4.90 Å². The molecule has 1 aromatic rings. The smallest absolute Gasteiger partial charge is 0.309 e. The summed E-state index contributed by atoms with van der Waals surface area (Å²) in [5.41, 5.74) is 0.559. The van der Waals surface area contributed by atoms with E-state index in [1.54, 1.807) is 5.38 Å². The van der Waals surface area contributed by atoms with E-state index in [4.69, 9.17) is 5.11 Å². The average molecular weight is 286 g/mol. The van der Waals surface area contributed by atoms with Crippen molar-refractivity contribution < 1.29 is 14.7 Å². The van der Waals surface area contributed by atoms with Crippen molar-refractivity contribution in [3.8, 4) is 0 Å². The quantitative estimate of drug-likeness (QED) is 0.830. The maximum absolute atomic E-state index is 11.8. The molecule has 1 saturated heterocycles. The first kappa shape index (κ1) is 13.4. The van der Waals surface area contributed by atoms with Crippen LogP contribution in [0.4, 0.5) is 0 Å². The fourth-order valence-electron chi connectivity index (χ4n) is 1.77. The van der Waals surface area contributed by atoms with Gasteiger partial charge in [-0.25, -0.2) is 4.98 Å². The van der Waals surface area contributed by atoms with Crippen molar-refractivity contribution >= 4 is 35.0 Å². The summed E-state index contributed by atoms with van der Waals surface area (Å²) in [7, 11) is 0. The first-order valence-electron chi connectivity index (χ1n) is 5.72. The number of carbonyl (C=O) groups is 2. The summed E-state index contributed by atoms with van der Waals surface area (Å²) in [5.74, 6) is -0.350. The van der Waals surface area contributed by atoms with Crippen molar-refractivity contribution in [3.63, 3.8) is 0 Å². The van der Waals surface area contributed by atoms with Gasteiger partial charge in [-0.15, -0.1) is 11.3 Å². The van der Waals surface area contributed by atoms with Crippen molar-refractivity contribution in [3.05, 3.63) is 11.1 Å². The number of carboxylic acid groups (broad SMARTS) is 1. The van der Waals surface area contributed by atoms with Crippen LogP contribution in [-0.4, -0.2) is 45.7 Å². The number of hydrogen-bond acceptors (Lipinski definition) is 5. The van der Waals surface area contributed by atoms with Gasteiger partial charge in [-0.05, 0) is 12.8 Å². The van der Waals surface area contributed by atoms with Crippen LogP contribution in [0.25, 0.3) is 0 Å². The van der Waals surface area contributed by atoms with Crippen LogP contribution in [0.15, 0.2) is 9.72 Å². The number of thiazole rings is 1. The van der Waals surface area contributed by atoms with Gasteiger partial charge < -0.3 is 10.0 Å². The van der Waals surface area contributed by atoms with Gasteiger partial charge in [0.2, 0.25) is 5.91 Å². The Hall–Kier alpha value is -1.08. The van der Waals surface area contributed by atoms with Crippen LogP contribution in [0, 0.1) is 0 Å². The molecular formula is C11H14N2O3S2. The molecule has 0 aromatic carbocycles. The number of aliphatic carboxylic acids is 1. The fourth-order valence-corrected chi connectivity index (χ4v) is 3.52. The molecule has 1 N–H and O–H groups in total. The predicted octanol–water partition coefficient (Wildman–Crippen LogP) is 1.48. The van der Waals surface area contributed by atoms with E-state index in [0.29, 0.717) is 11.4 Å². The normalized spacial score (nSPS) is 15.0. The minimum absolute atomic E-state index is 0.0584. The van der Waals surface area contributed by atoms with E-state index in [1.165, 1.54) is 23.1 Å². The molecule has 2 heterocycles. The zero-order valence-electron chi connectivity index (χ0n) is 9.79. The largest absolute Gasteiger partial charge is 0.481 e. The Morgan fingerprint density at radius 1 is 1.44 bits per heavy atom. The lowest BCUT2D eigenvalue weighted by atomic mass is 10.3. The van der Waals surface area contributed by atoms with Gasteiger partial charge in [-0.3, -0.25) is 9.59 Å². The van der Waals surface area contributed by atoms with Crippen LogP contribution in [0.2, 0.25) is 0 Å². The summed E-state index contributed by atoms with van der Waals surface area (Å²) in [6.45, 7) is 1.73. The highest BCUT2D eigenvalue weighted by Crippen LogP contribution is 2.23. The van der Waals surface area contributed by atoms with Crippen LogP contribution in [-0.2, 0) is 16.0 Å². The molecule has 0 atom stereocenters. The summed E-state index contributed by atoms with van der Waals surface area (Å²) in [6.07, 6.45) is 2.13. The molecule has 0 bridgehead atoms. The van der Waals surface area contributed by atoms with Gasteiger partial charge in [0.1, 0.15) is 0 Å². The molecule has 1 aliphatic rings. The van der Waals surface area contributed by atoms with Crippen molar-refractivity contribution in [1.82, 2.24) is 9.88 Å². The highest BCUT2D eigenvalue weighted by molar-refractivity contribution is 8.01. The fraction of sp³-hybridized carbons (Fsp3) is 0.545. The van der Waals surface area contributed by atoms with Gasteiger partial charge in [0.05, 0.1) is 17.9 Å². The second kappa shape index (κ2) is 6.19. The standard InChI is InChI=1S/C11H14N2O3S2/c14-9(13-3-1-2-4-13)7-18-11-12-8(6-17-11)5-10(15)16/h6H,1-5,7H2,(H,15,16). The van der Waals surface area contributed by atoms with Crippen molar-refractivity contribution in [1.29, 1.82) is 0 Å². The van der Waals surface area contributed by atoms with Gasteiger partial charge in [-0.2, -0.15) is 0 Å². The summed E-state index contributed by atoms with van der Waals surface area (Å²) < 4.78 is 0.763. The van der Waals surface area contributed by atoms with Crippen LogP contribution in [0.1, 0.15) is 18.5 Å². The van der Waals surface area contributed by atoms with E-state index < -0.39 is 5.97 Å². The third-order valence-corrected chi connectivity index (χ3v) is 4.70. The molecule has 0 spiro atoms. The summed E-state index contributed by atoms with van der Waals surface area (Å²) in [6, 6.07) is 0. The van der Waals surface area contributed by atoms with Crippen LogP contribution >= 0.6 is 23.1 Å². The minimum atomic E-state index is -0.884. The molecule has 1 aromatic heterocycles. The molecule has 1 aliphatic heterocycles. The lowest BCUT2D eigenvalue weighted by Gasteiger charge is -2.13. The molecule has 18 heavy (non-hydrogen) atoms. The Kier molecular flexibility index (Phi) is 4.60. The first-order chi connectivity index (χ1) is 8.65. The van der Waals surface area contributed by atoms with Crippen molar-refractivity contribution in [2.24, 2.45) is 0 Å². The second-order valence-corrected chi connectivity index (χ2v) is 6.13. The second-order valence-electron chi connectivity index (χ2n) is 4.05. The number of carboxylic acids is 1. The lowest BCUT2D eigenvalue weighted by Crippen LogP contribution is -2.29. The van der Waals surface area contributed by atoms with Gasteiger partial charge in [-0.1, -0.05) is 11.8 Å². The number of hydrogen-bond donors (Lipinski definition) is 1. The highest BCUT2D eigenvalue weighted by atomic mass is 32.2. The maximum Gasteiger partial charge on any atom is 0.309 e. The molecule has 0 unspecified atom stereocenters. The molecule has 1 fully saturated rings. The minimum Gasteiger partial charge on any atom is -0.481 e. The van der Waals surface area contributed by atoms with Gasteiger partial charge in [0.15, 0.2) is 4.34 Å². The van der Waals surface area contributed by atoms with Crippen LogP contribution in [0.5, 0.6) is 0 Å². The van der Waals surface area contributed by atoms with Crippen LogP contribution < -0.4 is 0 Å². The third kappa shape index (κ3) is 3.71. The number of nitrogens with zero attached hydrogens (tertiary/aromatic N) is 2. The van der Waals surface area contributed by atoms with Crippen LogP contribution in [0.3, 0.4) is 0 Å². The zero-order chi connectivity index (χ0) is 13.0. The highest BCUT2D eigenvalue weighted by Gasteiger charge is 2.18. The van der Waals surface area contributed by atoms with Gasteiger partial charge in [0.25, 0.3) is 0 Å². The molecular weight excluding hydrogens is 272 g/mol. The summed E-state index contributed by atoms with van der Waals surface area (Å²) in [5, 5.41) is 10.4. The Morgan fingerprint density at radius 2 is 2.17 bits per heavy atom. The zero-order valence-corrected chi connectivity index (χ0v) is 11.4. The number of likely N-dealkylation sites (tertiary alicyclic amines) is 1. The molecule has 2 rings (SSSR count). The van der Waals surface area contributed by atoms with Crippen molar-refractivity contribution in [2.45, 2.75) is 23.6 Å². The SMILES string of the molecule is O=C(O)Cc1csc(SCC(=O)N2CCCC2)n1. The number of amides is 1. The average Bonchev–Trinajstić information content (AvgIpc) is 2.95. The van der Waals surface area contributed by atoms with E-state index in [-0.39, 0.29) is 12.3 Å². The Labute approximate surface area is 113 Å². The maximum atomic E-state index is 11.8. The Balaban J connectivity index is 1.80. The number of aromatic nitrogens is 1. The van der Waals surface area contributed by atoms with E-state index in [9.17, 15) is 9.59 Å². The van der Waals surface area contributed by atoms with E-state index in [2.05, 4.69) is 4.98 Å². The molecule has 98 valence electrons. The third-order valence-electron chi connectivity index (χ3n) is 2.64. The molecule has 7 heteroatoms. The summed E-state index contributed by atoms with van der Waals surface area (Å²) >= 11 is 2.78. The van der Waals surface area contributed by atoms with Gasteiger partial charge >= 0.3 is 5.97 Å². The number of rotatable bonds is 5. The van der Waals surface area contributed by atoms with E-state index >= 15 is 0 Å². The van der Waals surface area contributed by atoms with Crippen molar-refractivity contribution in [2.75, 3.05) is 18.8 Å². The molecule has 1 amide bonds.